The molecule has 0 amide bonds. The average Bonchev–Trinajstić information content (AvgIpc) is 2.67. The summed E-state index contributed by atoms with van der Waals surface area (Å²) in [4.78, 5) is 0. The van der Waals surface area contributed by atoms with E-state index in [2.05, 4.69) is 13.8 Å². The zero-order valence-electron chi connectivity index (χ0n) is 20.4. The molecule has 0 fully saturated rings. The van der Waals surface area contributed by atoms with Crippen LogP contribution in [0.2, 0.25) is 0 Å². The van der Waals surface area contributed by atoms with Crippen LogP contribution in [0.3, 0.4) is 0 Å². The van der Waals surface area contributed by atoms with Gasteiger partial charge < -0.3 is 9.66 Å². The van der Waals surface area contributed by atoms with Gasteiger partial charge in [0.2, 0.25) is 0 Å². The van der Waals surface area contributed by atoms with Crippen LogP contribution in [0.1, 0.15) is 142 Å². The Morgan fingerprint density at radius 2 is 0.900 bits per heavy atom. The smallest absolute Gasteiger partial charge is 0.748 e. The number of hydrogen-bond donors (Lipinski definition) is 1. The molecular weight excluding hydrogens is 423 g/mol. The minimum absolute atomic E-state index is 0. The van der Waals surface area contributed by atoms with Gasteiger partial charge in [0.1, 0.15) is 0 Å². The van der Waals surface area contributed by atoms with Gasteiger partial charge >= 0.3 is 51.4 Å². The van der Waals surface area contributed by atoms with Crippen molar-refractivity contribution < 1.29 is 69.5 Å². The summed E-state index contributed by atoms with van der Waals surface area (Å²) < 4.78 is 34.1. The van der Waals surface area contributed by atoms with Gasteiger partial charge in [-0.3, -0.25) is 0 Å². The summed E-state index contributed by atoms with van der Waals surface area (Å²) in [6.45, 7) is 4.31. The van der Waals surface area contributed by atoms with Gasteiger partial charge in [-0.1, -0.05) is 117 Å². The molecule has 0 bridgehead atoms. The first-order valence-corrected chi connectivity index (χ1v) is 14.0. The van der Waals surface area contributed by atoms with E-state index in [4.69, 9.17) is 0 Å². The Hall–Kier alpha value is 1.51. The summed E-state index contributed by atoms with van der Waals surface area (Å²) in [5, 5.41) is 9.34. The SMILES string of the molecule is CCCCCCCC(O)CCCCCCCCCCC(CCCCC)S(=O)(=O)[O-].[K+]. The number of aliphatic hydroxyl groups is 1. The standard InChI is InChI=1S/C24H50O4S.K/c1-3-5-7-12-16-19-23(25)20-17-13-10-8-9-11-14-18-22-24(29(26,27)28)21-15-6-4-2;/h23-25H,3-22H2,1-2H3,(H,26,27,28);/q;+1/p-1. The van der Waals surface area contributed by atoms with Crippen molar-refractivity contribution in [2.75, 3.05) is 0 Å². The minimum atomic E-state index is -4.14. The predicted molar refractivity (Wildman–Crippen MR) is 123 cm³/mol. The monoisotopic (exact) mass is 472 g/mol. The van der Waals surface area contributed by atoms with Gasteiger partial charge in [-0.2, -0.15) is 0 Å². The second-order valence-electron chi connectivity index (χ2n) is 8.87. The summed E-state index contributed by atoms with van der Waals surface area (Å²) in [7, 11) is -4.14. The van der Waals surface area contributed by atoms with Crippen LogP contribution in [0.15, 0.2) is 0 Å². The van der Waals surface area contributed by atoms with Gasteiger partial charge in [-0.15, -0.1) is 0 Å². The van der Waals surface area contributed by atoms with E-state index in [9.17, 15) is 18.1 Å². The molecule has 2 atom stereocenters. The van der Waals surface area contributed by atoms with Crippen molar-refractivity contribution in [3.63, 3.8) is 0 Å². The number of unbranched alkanes of at least 4 members (excludes halogenated alkanes) is 13. The Kier molecular flexibility index (Phi) is 26.6. The van der Waals surface area contributed by atoms with Gasteiger partial charge in [0, 0.05) is 5.25 Å². The summed E-state index contributed by atoms with van der Waals surface area (Å²) in [5.74, 6) is 0. The second-order valence-corrected chi connectivity index (χ2v) is 10.5. The second kappa shape index (κ2) is 23.7. The number of hydrogen-bond acceptors (Lipinski definition) is 4. The van der Waals surface area contributed by atoms with Gasteiger partial charge in [-0.25, -0.2) is 8.42 Å². The van der Waals surface area contributed by atoms with Gasteiger partial charge in [0.05, 0.1) is 16.2 Å². The van der Waals surface area contributed by atoms with Crippen LogP contribution in [0.25, 0.3) is 0 Å². The molecule has 0 aliphatic rings. The molecule has 0 heterocycles. The van der Waals surface area contributed by atoms with Crippen LogP contribution in [-0.2, 0) is 10.1 Å². The molecule has 0 rings (SSSR count). The van der Waals surface area contributed by atoms with Crippen LogP contribution >= 0.6 is 0 Å². The maximum Gasteiger partial charge on any atom is 1.00 e. The Labute approximate surface area is 230 Å². The minimum Gasteiger partial charge on any atom is -0.748 e. The fourth-order valence-electron chi connectivity index (χ4n) is 4.00. The van der Waals surface area contributed by atoms with Crippen molar-refractivity contribution in [3.05, 3.63) is 0 Å². The topological polar surface area (TPSA) is 77.4 Å². The van der Waals surface area contributed by atoms with Crippen molar-refractivity contribution in [1.29, 1.82) is 0 Å². The Morgan fingerprint density at radius 3 is 1.30 bits per heavy atom. The molecule has 0 spiro atoms. The predicted octanol–water partition coefficient (Wildman–Crippen LogP) is 4.11. The Bertz CT molecular complexity index is 442. The van der Waals surface area contributed by atoms with Crippen LogP contribution in [0, 0.1) is 0 Å². The molecule has 30 heavy (non-hydrogen) atoms. The fourth-order valence-corrected chi connectivity index (χ4v) is 4.91. The van der Waals surface area contributed by atoms with Crippen LogP contribution in [0.4, 0.5) is 0 Å². The summed E-state index contributed by atoms with van der Waals surface area (Å²) in [6, 6.07) is 0. The first-order chi connectivity index (χ1) is 13.9. The summed E-state index contributed by atoms with van der Waals surface area (Å²) in [5.41, 5.74) is 0. The van der Waals surface area contributed by atoms with E-state index in [0.717, 1.165) is 64.2 Å². The molecule has 0 aromatic rings. The Balaban J connectivity index is 0. The first kappa shape index (κ1) is 33.7. The van der Waals surface area contributed by atoms with Crippen LogP contribution in [-0.4, -0.2) is 29.4 Å². The van der Waals surface area contributed by atoms with Crippen molar-refractivity contribution in [3.8, 4) is 0 Å². The van der Waals surface area contributed by atoms with Crippen LogP contribution < -0.4 is 51.4 Å². The Morgan fingerprint density at radius 1 is 0.600 bits per heavy atom. The normalized spacial score (nSPS) is 13.7. The van der Waals surface area contributed by atoms with E-state index in [0.29, 0.717) is 12.8 Å². The molecule has 4 nitrogen and oxygen atoms in total. The van der Waals surface area contributed by atoms with Crippen molar-refractivity contribution in [1.82, 2.24) is 0 Å². The van der Waals surface area contributed by atoms with Crippen LogP contribution in [0.5, 0.6) is 0 Å². The van der Waals surface area contributed by atoms with Crippen molar-refractivity contribution in [2.45, 2.75) is 154 Å². The molecule has 6 heteroatoms. The van der Waals surface area contributed by atoms with Gasteiger partial charge in [0.15, 0.2) is 0 Å². The molecule has 2 unspecified atom stereocenters. The van der Waals surface area contributed by atoms with Gasteiger partial charge in [0.25, 0.3) is 0 Å². The molecule has 0 aliphatic heterocycles. The molecule has 0 aliphatic carbocycles. The van der Waals surface area contributed by atoms with E-state index in [1.165, 1.54) is 51.4 Å². The molecule has 0 saturated carbocycles. The molecular formula is C24H49KO4S. The van der Waals surface area contributed by atoms with E-state index >= 15 is 0 Å². The first-order valence-electron chi connectivity index (χ1n) is 12.5. The van der Waals surface area contributed by atoms with Crippen molar-refractivity contribution >= 4 is 10.1 Å². The third kappa shape index (κ3) is 22.7. The zero-order valence-corrected chi connectivity index (χ0v) is 24.3. The molecule has 0 aromatic carbocycles. The molecule has 0 radical (unpaired) electrons. The maximum absolute atomic E-state index is 11.4. The van der Waals surface area contributed by atoms with Crippen molar-refractivity contribution in [2.24, 2.45) is 0 Å². The average molecular weight is 473 g/mol. The third-order valence-electron chi connectivity index (χ3n) is 5.99. The molecule has 1 N–H and O–H groups in total. The molecule has 176 valence electrons. The molecule has 0 saturated heterocycles. The quantitative estimate of drug-likeness (QED) is 0.146. The zero-order chi connectivity index (χ0) is 21.8. The van der Waals surface area contributed by atoms with E-state index < -0.39 is 15.4 Å². The van der Waals surface area contributed by atoms with E-state index in [1.807, 2.05) is 0 Å². The number of rotatable bonds is 22. The van der Waals surface area contributed by atoms with E-state index in [-0.39, 0.29) is 57.5 Å². The summed E-state index contributed by atoms with van der Waals surface area (Å²) in [6.07, 6.45) is 21.0. The van der Waals surface area contributed by atoms with E-state index in [1.54, 1.807) is 0 Å². The largest absolute Gasteiger partial charge is 1.00 e. The third-order valence-corrected chi connectivity index (χ3v) is 7.28. The van der Waals surface area contributed by atoms with Gasteiger partial charge in [-0.05, 0) is 25.7 Å². The fraction of sp³-hybridized carbons (Fsp3) is 1.00. The molecule has 0 aromatic heterocycles. The number of aliphatic hydroxyl groups excluding tert-OH is 1. The maximum atomic E-state index is 11.4. The summed E-state index contributed by atoms with van der Waals surface area (Å²) >= 11 is 0.